The van der Waals surface area contributed by atoms with E-state index < -0.39 is 0 Å². The lowest BCUT2D eigenvalue weighted by atomic mass is 10.0. The minimum absolute atomic E-state index is 0.804. The number of nitrogens with one attached hydrogen (secondary N) is 1. The van der Waals surface area contributed by atoms with Gasteiger partial charge in [-0.05, 0) is 32.4 Å². The van der Waals surface area contributed by atoms with Gasteiger partial charge in [-0.25, -0.2) is 0 Å². The van der Waals surface area contributed by atoms with E-state index in [2.05, 4.69) is 31.0 Å². The summed E-state index contributed by atoms with van der Waals surface area (Å²) in [6.07, 6.45) is 6.73. The first-order chi connectivity index (χ1) is 7.33. The van der Waals surface area contributed by atoms with Crippen LogP contribution >= 0.6 is 0 Å². The van der Waals surface area contributed by atoms with E-state index in [9.17, 15) is 0 Å². The van der Waals surface area contributed by atoms with E-state index in [0.717, 1.165) is 12.1 Å². The van der Waals surface area contributed by atoms with Crippen LogP contribution in [0.4, 0.5) is 0 Å². The van der Waals surface area contributed by atoms with Gasteiger partial charge >= 0.3 is 0 Å². The fourth-order valence-corrected chi connectivity index (χ4v) is 2.88. The second kappa shape index (κ2) is 7.24. The molecule has 0 radical (unpaired) electrons. The third-order valence-corrected chi connectivity index (χ3v) is 3.58. The summed E-state index contributed by atoms with van der Waals surface area (Å²) in [5.74, 6) is 0. The van der Waals surface area contributed by atoms with Gasteiger partial charge in [0, 0.05) is 18.6 Å². The molecule has 1 aliphatic rings. The number of hydrogen-bond acceptors (Lipinski definition) is 2. The summed E-state index contributed by atoms with van der Waals surface area (Å²) in [5.41, 5.74) is 0. The SMILES string of the molecule is CCCC(CCC)N(CC)C1CCNC1. The highest BCUT2D eigenvalue weighted by Gasteiger charge is 2.26. The monoisotopic (exact) mass is 212 g/mol. The fourth-order valence-electron chi connectivity index (χ4n) is 2.88. The molecule has 0 aromatic rings. The molecule has 0 spiro atoms. The van der Waals surface area contributed by atoms with Gasteiger partial charge < -0.3 is 5.32 Å². The maximum Gasteiger partial charge on any atom is 0.0235 e. The summed E-state index contributed by atoms with van der Waals surface area (Å²) in [4.78, 5) is 2.74. The van der Waals surface area contributed by atoms with Crippen molar-refractivity contribution in [3.8, 4) is 0 Å². The van der Waals surface area contributed by atoms with Gasteiger partial charge in [0.15, 0.2) is 0 Å². The molecule has 0 aliphatic carbocycles. The molecule has 1 unspecified atom stereocenters. The molecule has 1 fully saturated rings. The predicted molar refractivity (Wildman–Crippen MR) is 67.3 cm³/mol. The Morgan fingerprint density at radius 2 is 1.87 bits per heavy atom. The maximum atomic E-state index is 3.48. The number of likely N-dealkylation sites (N-methyl/N-ethyl adjacent to an activating group) is 1. The molecule has 1 N–H and O–H groups in total. The highest BCUT2D eigenvalue weighted by Crippen LogP contribution is 2.19. The topological polar surface area (TPSA) is 15.3 Å². The minimum Gasteiger partial charge on any atom is -0.315 e. The Kier molecular flexibility index (Phi) is 6.26. The maximum absolute atomic E-state index is 3.48. The molecule has 0 aromatic heterocycles. The van der Waals surface area contributed by atoms with Crippen molar-refractivity contribution in [1.29, 1.82) is 0 Å². The van der Waals surface area contributed by atoms with Crippen LogP contribution in [0.25, 0.3) is 0 Å². The lowest BCUT2D eigenvalue weighted by Gasteiger charge is -2.35. The third kappa shape index (κ3) is 3.76. The smallest absolute Gasteiger partial charge is 0.0235 e. The van der Waals surface area contributed by atoms with Crippen LogP contribution in [0, 0.1) is 0 Å². The summed E-state index contributed by atoms with van der Waals surface area (Å²) in [7, 11) is 0. The van der Waals surface area contributed by atoms with Gasteiger partial charge in [0.1, 0.15) is 0 Å². The molecule has 0 bridgehead atoms. The molecule has 90 valence electrons. The second-order valence-electron chi connectivity index (χ2n) is 4.71. The molecule has 1 saturated heterocycles. The zero-order valence-electron chi connectivity index (χ0n) is 10.8. The summed E-state index contributed by atoms with van der Waals surface area (Å²) >= 11 is 0. The highest BCUT2D eigenvalue weighted by atomic mass is 15.2. The van der Waals surface area contributed by atoms with E-state index in [1.165, 1.54) is 51.7 Å². The van der Waals surface area contributed by atoms with Crippen LogP contribution in [0.3, 0.4) is 0 Å². The van der Waals surface area contributed by atoms with Crippen LogP contribution in [0.15, 0.2) is 0 Å². The zero-order chi connectivity index (χ0) is 11.1. The van der Waals surface area contributed by atoms with E-state index in [4.69, 9.17) is 0 Å². The van der Waals surface area contributed by atoms with E-state index >= 15 is 0 Å². The minimum atomic E-state index is 0.804. The molecule has 1 rings (SSSR count). The van der Waals surface area contributed by atoms with Crippen LogP contribution < -0.4 is 5.32 Å². The van der Waals surface area contributed by atoms with Gasteiger partial charge in [-0.2, -0.15) is 0 Å². The van der Waals surface area contributed by atoms with Crippen molar-refractivity contribution in [2.75, 3.05) is 19.6 Å². The third-order valence-electron chi connectivity index (χ3n) is 3.58. The lowest BCUT2D eigenvalue weighted by molar-refractivity contribution is 0.134. The quantitative estimate of drug-likeness (QED) is 0.698. The van der Waals surface area contributed by atoms with E-state index in [-0.39, 0.29) is 0 Å². The normalized spacial score (nSPS) is 21.8. The predicted octanol–water partition coefficient (Wildman–Crippen LogP) is 2.64. The molecule has 0 amide bonds. The molecule has 2 heteroatoms. The van der Waals surface area contributed by atoms with Crippen molar-refractivity contribution in [1.82, 2.24) is 10.2 Å². The van der Waals surface area contributed by atoms with Gasteiger partial charge in [0.05, 0.1) is 0 Å². The van der Waals surface area contributed by atoms with Crippen molar-refractivity contribution >= 4 is 0 Å². The van der Waals surface area contributed by atoms with Gasteiger partial charge in [-0.15, -0.1) is 0 Å². The second-order valence-corrected chi connectivity index (χ2v) is 4.71. The van der Waals surface area contributed by atoms with Crippen LogP contribution in [0.1, 0.15) is 52.9 Å². The standard InChI is InChI=1S/C13H28N2/c1-4-7-12(8-5-2)15(6-3)13-9-10-14-11-13/h12-14H,4-11H2,1-3H3. The number of nitrogens with zero attached hydrogens (tertiary/aromatic N) is 1. The Bertz CT molecular complexity index is 147. The summed E-state index contributed by atoms with van der Waals surface area (Å²) in [6.45, 7) is 10.6. The Morgan fingerprint density at radius 1 is 1.20 bits per heavy atom. The molecule has 0 saturated carbocycles. The summed E-state index contributed by atoms with van der Waals surface area (Å²) in [6, 6.07) is 1.63. The van der Waals surface area contributed by atoms with Crippen LogP contribution in [0.5, 0.6) is 0 Å². The summed E-state index contributed by atoms with van der Waals surface area (Å²) in [5, 5.41) is 3.48. The molecule has 1 aliphatic heterocycles. The molecule has 1 heterocycles. The largest absolute Gasteiger partial charge is 0.315 e. The van der Waals surface area contributed by atoms with Gasteiger partial charge in [0.2, 0.25) is 0 Å². The van der Waals surface area contributed by atoms with Crippen LogP contribution in [0.2, 0.25) is 0 Å². The molecular formula is C13H28N2. The number of rotatable bonds is 7. The van der Waals surface area contributed by atoms with E-state index in [0.29, 0.717) is 0 Å². The zero-order valence-corrected chi connectivity index (χ0v) is 10.8. The molecule has 15 heavy (non-hydrogen) atoms. The lowest BCUT2D eigenvalue weighted by Crippen LogP contribution is -2.44. The summed E-state index contributed by atoms with van der Waals surface area (Å²) < 4.78 is 0. The van der Waals surface area contributed by atoms with Crippen molar-refractivity contribution < 1.29 is 0 Å². The van der Waals surface area contributed by atoms with Gasteiger partial charge in [0.25, 0.3) is 0 Å². The van der Waals surface area contributed by atoms with Crippen molar-refractivity contribution in [2.45, 2.75) is 65.0 Å². The average molecular weight is 212 g/mol. The fraction of sp³-hybridized carbons (Fsp3) is 1.00. The van der Waals surface area contributed by atoms with E-state index in [1.807, 2.05) is 0 Å². The molecule has 1 atom stereocenters. The van der Waals surface area contributed by atoms with E-state index in [1.54, 1.807) is 0 Å². The first kappa shape index (κ1) is 13.0. The number of hydrogen-bond donors (Lipinski definition) is 1. The Labute approximate surface area is 95.4 Å². The molecule has 2 nitrogen and oxygen atoms in total. The van der Waals surface area contributed by atoms with Crippen molar-refractivity contribution in [3.63, 3.8) is 0 Å². The first-order valence-corrected chi connectivity index (χ1v) is 6.79. The Morgan fingerprint density at radius 3 is 2.27 bits per heavy atom. The van der Waals surface area contributed by atoms with Crippen LogP contribution in [-0.2, 0) is 0 Å². The van der Waals surface area contributed by atoms with Crippen LogP contribution in [-0.4, -0.2) is 36.6 Å². The van der Waals surface area contributed by atoms with Gasteiger partial charge in [-0.1, -0.05) is 33.6 Å². The van der Waals surface area contributed by atoms with Crippen molar-refractivity contribution in [3.05, 3.63) is 0 Å². The molecular weight excluding hydrogens is 184 g/mol. The Balaban J connectivity index is 2.50. The highest BCUT2D eigenvalue weighted by molar-refractivity contribution is 4.84. The Hall–Kier alpha value is -0.0800. The van der Waals surface area contributed by atoms with Gasteiger partial charge in [-0.3, -0.25) is 4.90 Å². The average Bonchev–Trinajstić information content (AvgIpc) is 2.73. The molecule has 0 aromatic carbocycles. The first-order valence-electron chi connectivity index (χ1n) is 6.79. The van der Waals surface area contributed by atoms with Crippen molar-refractivity contribution in [2.24, 2.45) is 0 Å².